The Morgan fingerprint density at radius 1 is 1.18 bits per heavy atom. The summed E-state index contributed by atoms with van der Waals surface area (Å²) < 4.78 is 0. The fraction of sp³-hybridized carbons (Fsp3) is 0.368. The Morgan fingerprint density at radius 2 is 1.86 bits per heavy atom. The minimum absolute atomic E-state index is 0.0945. The van der Waals surface area contributed by atoms with E-state index >= 15 is 0 Å². The third-order valence-electron chi connectivity index (χ3n) is 4.73. The van der Waals surface area contributed by atoms with E-state index in [1.807, 2.05) is 25.1 Å². The number of benzene rings is 2. The van der Waals surface area contributed by atoms with Crippen LogP contribution in [0.5, 0.6) is 0 Å². The molecule has 1 amide bonds. The van der Waals surface area contributed by atoms with Gasteiger partial charge in [-0.15, -0.1) is 0 Å². The van der Waals surface area contributed by atoms with Gasteiger partial charge in [0.25, 0.3) is 0 Å². The Balaban J connectivity index is 1.79. The highest BCUT2D eigenvalue weighted by Gasteiger charge is 2.41. The molecule has 2 aromatic carbocycles. The van der Waals surface area contributed by atoms with Crippen LogP contribution in [0.1, 0.15) is 44.2 Å². The molecular weight excluding hydrogens is 272 g/mol. The van der Waals surface area contributed by atoms with E-state index in [9.17, 15) is 10.1 Å². The van der Waals surface area contributed by atoms with Gasteiger partial charge in [-0.05, 0) is 42.2 Å². The molecule has 0 saturated heterocycles. The van der Waals surface area contributed by atoms with E-state index in [2.05, 4.69) is 35.7 Å². The summed E-state index contributed by atoms with van der Waals surface area (Å²) in [5, 5.41) is 14.8. The van der Waals surface area contributed by atoms with Crippen molar-refractivity contribution >= 4 is 16.7 Å². The van der Waals surface area contributed by atoms with Gasteiger partial charge in [-0.25, -0.2) is 0 Å². The number of hydrogen-bond donors (Lipinski definition) is 1. The monoisotopic (exact) mass is 292 g/mol. The summed E-state index contributed by atoms with van der Waals surface area (Å²) in [6.45, 7) is 1.97. The number of nitrogens with zero attached hydrogens (tertiary/aromatic N) is 1. The van der Waals surface area contributed by atoms with Crippen molar-refractivity contribution < 1.29 is 4.79 Å². The molecule has 1 unspecified atom stereocenters. The number of nitrogens with one attached hydrogen (secondary N) is 1. The Bertz CT molecular complexity index is 738. The predicted octanol–water partition coefficient (Wildman–Crippen LogP) is 4.10. The van der Waals surface area contributed by atoms with Gasteiger partial charge in [0, 0.05) is 0 Å². The number of amides is 1. The van der Waals surface area contributed by atoms with E-state index in [1.165, 1.54) is 5.39 Å². The second-order valence-corrected chi connectivity index (χ2v) is 6.20. The van der Waals surface area contributed by atoms with Gasteiger partial charge < -0.3 is 5.32 Å². The van der Waals surface area contributed by atoms with Crippen LogP contribution >= 0.6 is 0 Å². The molecule has 1 N–H and O–H groups in total. The van der Waals surface area contributed by atoms with Crippen LogP contribution in [0.4, 0.5) is 0 Å². The first-order valence-electron chi connectivity index (χ1n) is 7.85. The third kappa shape index (κ3) is 2.57. The van der Waals surface area contributed by atoms with Crippen LogP contribution in [0, 0.1) is 16.7 Å². The quantitative estimate of drug-likeness (QED) is 0.926. The number of carbonyl (C=O) groups is 1. The SMILES string of the molecule is CC(NC(=O)C1(C#N)CCCC1)c1ccc2ccccc2c1. The Kier molecular flexibility index (Phi) is 3.85. The maximum Gasteiger partial charge on any atom is 0.240 e. The maximum atomic E-state index is 12.5. The summed E-state index contributed by atoms with van der Waals surface area (Å²) >= 11 is 0. The van der Waals surface area contributed by atoms with Gasteiger partial charge in [0.15, 0.2) is 0 Å². The van der Waals surface area contributed by atoms with E-state index in [0.717, 1.165) is 23.8 Å². The number of hydrogen-bond acceptors (Lipinski definition) is 2. The zero-order valence-corrected chi connectivity index (χ0v) is 12.8. The van der Waals surface area contributed by atoms with Gasteiger partial charge in [0.05, 0.1) is 12.1 Å². The number of carbonyl (C=O) groups excluding carboxylic acids is 1. The molecule has 0 radical (unpaired) electrons. The Hall–Kier alpha value is -2.34. The highest BCUT2D eigenvalue weighted by atomic mass is 16.2. The zero-order chi connectivity index (χ0) is 15.6. The summed E-state index contributed by atoms with van der Waals surface area (Å²) in [4.78, 5) is 12.5. The minimum Gasteiger partial charge on any atom is -0.348 e. The molecule has 0 aromatic heterocycles. The first-order valence-corrected chi connectivity index (χ1v) is 7.85. The van der Waals surface area contributed by atoms with Crippen LogP contribution in [0.2, 0.25) is 0 Å². The largest absolute Gasteiger partial charge is 0.348 e. The van der Waals surface area contributed by atoms with Crippen LogP contribution in [-0.4, -0.2) is 5.91 Å². The van der Waals surface area contributed by atoms with Crippen molar-refractivity contribution in [3.05, 3.63) is 48.0 Å². The summed E-state index contributed by atoms with van der Waals surface area (Å²) in [5.41, 5.74) is 0.253. The molecule has 0 bridgehead atoms. The minimum atomic E-state index is -0.814. The molecule has 1 atom stereocenters. The summed E-state index contributed by atoms with van der Waals surface area (Å²) in [6, 6.07) is 16.6. The molecular formula is C19H20N2O. The average molecular weight is 292 g/mol. The lowest BCUT2D eigenvalue weighted by molar-refractivity contribution is -0.128. The standard InChI is InChI=1S/C19H20N2O/c1-14(21-18(22)19(13-20)10-4-5-11-19)16-9-8-15-6-2-3-7-17(15)12-16/h2-3,6-9,12,14H,4-5,10-11H2,1H3,(H,21,22). The van der Waals surface area contributed by atoms with Gasteiger partial charge in [-0.1, -0.05) is 49.2 Å². The second-order valence-electron chi connectivity index (χ2n) is 6.20. The Morgan fingerprint density at radius 3 is 2.55 bits per heavy atom. The van der Waals surface area contributed by atoms with E-state index < -0.39 is 5.41 Å². The summed E-state index contributed by atoms with van der Waals surface area (Å²) in [6.07, 6.45) is 3.29. The maximum absolute atomic E-state index is 12.5. The van der Waals surface area contributed by atoms with Crippen LogP contribution in [0.3, 0.4) is 0 Å². The normalized spacial score (nSPS) is 17.8. The van der Waals surface area contributed by atoms with Crippen molar-refractivity contribution in [3.8, 4) is 6.07 Å². The lowest BCUT2D eigenvalue weighted by Crippen LogP contribution is -2.39. The van der Waals surface area contributed by atoms with Gasteiger partial charge in [-0.2, -0.15) is 5.26 Å². The second kappa shape index (κ2) is 5.81. The van der Waals surface area contributed by atoms with Crippen LogP contribution in [0.25, 0.3) is 10.8 Å². The smallest absolute Gasteiger partial charge is 0.240 e. The van der Waals surface area contributed by atoms with Crippen molar-refractivity contribution in [1.29, 1.82) is 5.26 Å². The molecule has 1 saturated carbocycles. The summed E-state index contributed by atoms with van der Waals surface area (Å²) in [5.74, 6) is -0.117. The fourth-order valence-electron chi connectivity index (χ4n) is 3.26. The molecule has 3 heteroatoms. The van der Waals surface area contributed by atoms with Crippen molar-refractivity contribution in [2.45, 2.75) is 38.6 Å². The highest BCUT2D eigenvalue weighted by molar-refractivity contribution is 5.86. The predicted molar refractivity (Wildman–Crippen MR) is 87.0 cm³/mol. The molecule has 112 valence electrons. The third-order valence-corrected chi connectivity index (χ3v) is 4.73. The molecule has 0 spiro atoms. The number of rotatable bonds is 3. The van der Waals surface area contributed by atoms with Gasteiger partial charge in [0.2, 0.25) is 5.91 Å². The molecule has 0 aliphatic heterocycles. The van der Waals surface area contributed by atoms with Gasteiger partial charge in [0.1, 0.15) is 5.41 Å². The van der Waals surface area contributed by atoms with E-state index in [4.69, 9.17) is 0 Å². The Labute approximate surface area is 130 Å². The summed E-state index contributed by atoms with van der Waals surface area (Å²) in [7, 11) is 0. The molecule has 0 heterocycles. The number of nitriles is 1. The lowest BCUT2D eigenvalue weighted by atomic mass is 9.86. The van der Waals surface area contributed by atoms with Crippen LogP contribution < -0.4 is 5.32 Å². The average Bonchev–Trinajstić information content (AvgIpc) is 3.04. The van der Waals surface area contributed by atoms with Crippen molar-refractivity contribution in [2.24, 2.45) is 5.41 Å². The molecule has 2 aromatic rings. The zero-order valence-electron chi connectivity index (χ0n) is 12.8. The molecule has 22 heavy (non-hydrogen) atoms. The first kappa shape index (κ1) is 14.6. The molecule has 1 aliphatic carbocycles. The van der Waals surface area contributed by atoms with Crippen LogP contribution in [0.15, 0.2) is 42.5 Å². The molecule has 3 nitrogen and oxygen atoms in total. The van der Waals surface area contributed by atoms with Crippen LogP contribution in [-0.2, 0) is 4.79 Å². The topological polar surface area (TPSA) is 52.9 Å². The highest BCUT2D eigenvalue weighted by Crippen LogP contribution is 2.38. The van der Waals surface area contributed by atoms with Gasteiger partial charge in [-0.3, -0.25) is 4.79 Å². The van der Waals surface area contributed by atoms with E-state index in [-0.39, 0.29) is 11.9 Å². The molecule has 3 rings (SSSR count). The molecule has 1 aliphatic rings. The van der Waals surface area contributed by atoms with Gasteiger partial charge >= 0.3 is 0 Å². The van der Waals surface area contributed by atoms with Crippen molar-refractivity contribution in [1.82, 2.24) is 5.32 Å². The fourth-order valence-corrected chi connectivity index (χ4v) is 3.26. The molecule has 1 fully saturated rings. The lowest BCUT2D eigenvalue weighted by Gasteiger charge is -2.23. The van der Waals surface area contributed by atoms with E-state index in [0.29, 0.717) is 12.8 Å². The van der Waals surface area contributed by atoms with Crippen molar-refractivity contribution in [2.75, 3.05) is 0 Å². The first-order chi connectivity index (χ1) is 10.6. The van der Waals surface area contributed by atoms with E-state index in [1.54, 1.807) is 0 Å². The number of fused-ring (bicyclic) bond motifs is 1. The van der Waals surface area contributed by atoms with Crippen molar-refractivity contribution in [3.63, 3.8) is 0 Å².